The van der Waals surface area contributed by atoms with Gasteiger partial charge in [-0.2, -0.15) is 5.26 Å². The summed E-state index contributed by atoms with van der Waals surface area (Å²) in [6.07, 6.45) is 9.05. The molecule has 0 aromatic rings. The van der Waals surface area contributed by atoms with Gasteiger partial charge in [0.2, 0.25) is 0 Å². The van der Waals surface area contributed by atoms with Crippen LogP contribution in [0.25, 0.3) is 0 Å². The molecule has 7 nitrogen and oxygen atoms in total. The number of ether oxygens (including phenoxy) is 1. The van der Waals surface area contributed by atoms with Crippen LogP contribution >= 0.6 is 0 Å². The zero-order valence-corrected chi connectivity index (χ0v) is 14.5. The minimum atomic E-state index is -0.549. The van der Waals surface area contributed by atoms with Crippen LogP contribution in [-0.2, 0) is 9.53 Å². The zero-order valence-electron chi connectivity index (χ0n) is 14.5. The topological polar surface area (TPSA) is 89.8 Å². The number of rotatable bonds is 4. The Labute approximate surface area is 148 Å². The summed E-state index contributed by atoms with van der Waals surface area (Å²) in [6.45, 7) is 3.74. The smallest absolute Gasteiger partial charge is 0.351 e. The van der Waals surface area contributed by atoms with E-state index in [1.165, 1.54) is 25.6 Å². The SMILES string of the molecule is N#CC(C(=O)OCC1CCCCC1)=C1NC=NC=C1N1CCNCC1. The zero-order chi connectivity index (χ0) is 17.5. The van der Waals surface area contributed by atoms with Crippen LogP contribution in [0.4, 0.5) is 0 Å². The summed E-state index contributed by atoms with van der Waals surface area (Å²) in [7, 11) is 0. The van der Waals surface area contributed by atoms with Crippen molar-refractivity contribution in [2.45, 2.75) is 32.1 Å². The highest BCUT2D eigenvalue weighted by Gasteiger charge is 2.26. The van der Waals surface area contributed by atoms with Crippen LogP contribution in [0.15, 0.2) is 28.2 Å². The summed E-state index contributed by atoms with van der Waals surface area (Å²) in [4.78, 5) is 18.7. The third kappa shape index (κ3) is 4.40. The molecule has 2 heterocycles. The Morgan fingerprint density at radius 2 is 2.08 bits per heavy atom. The van der Waals surface area contributed by atoms with Crippen molar-refractivity contribution in [2.75, 3.05) is 32.8 Å². The molecule has 0 radical (unpaired) electrons. The second kappa shape index (κ2) is 8.67. The molecule has 0 bridgehead atoms. The Hall–Kier alpha value is -2.33. The fourth-order valence-electron chi connectivity index (χ4n) is 3.52. The molecule has 2 fully saturated rings. The molecule has 2 aliphatic heterocycles. The number of nitrogens with zero attached hydrogens (tertiary/aromatic N) is 3. The van der Waals surface area contributed by atoms with Gasteiger partial charge in [0.05, 0.1) is 30.5 Å². The number of esters is 1. The average molecular weight is 343 g/mol. The molecule has 7 heteroatoms. The van der Waals surface area contributed by atoms with Crippen molar-refractivity contribution in [1.29, 1.82) is 5.26 Å². The maximum Gasteiger partial charge on any atom is 0.351 e. The van der Waals surface area contributed by atoms with E-state index >= 15 is 0 Å². The molecule has 0 aromatic carbocycles. The third-order valence-corrected chi connectivity index (χ3v) is 4.93. The number of hydrogen-bond donors (Lipinski definition) is 2. The Morgan fingerprint density at radius 3 is 2.80 bits per heavy atom. The van der Waals surface area contributed by atoms with Gasteiger partial charge in [0.25, 0.3) is 0 Å². The van der Waals surface area contributed by atoms with Gasteiger partial charge in [0.15, 0.2) is 5.57 Å². The lowest BCUT2D eigenvalue weighted by molar-refractivity contribution is -0.140. The quantitative estimate of drug-likeness (QED) is 0.454. The molecule has 0 unspecified atom stereocenters. The largest absolute Gasteiger partial charge is 0.461 e. The number of nitriles is 1. The Balaban J connectivity index is 1.71. The first kappa shape index (κ1) is 17.5. The van der Waals surface area contributed by atoms with E-state index in [1.807, 2.05) is 6.07 Å². The number of piperazine rings is 1. The summed E-state index contributed by atoms with van der Waals surface area (Å²) in [5.41, 5.74) is 1.29. The fourth-order valence-corrected chi connectivity index (χ4v) is 3.52. The van der Waals surface area contributed by atoms with E-state index in [-0.39, 0.29) is 5.57 Å². The summed E-state index contributed by atoms with van der Waals surface area (Å²) >= 11 is 0. The molecular weight excluding hydrogens is 318 g/mol. The van der Waals surface area contributed by atoms with E-state index in [0.717, 1.165) is 44.7 Å². The fraction of sp³-hybridized carbons (Fsp3) is 0.611. The van der Waals surface area contributed by atoms with Crippen molar-refractivity contribution < 1.29 is 9.53 Å². The lowest BCUT2D eigenvalue weighted by Crippen LogP contribution is -2.44. The van der Waals surface area contributed by atoms with Crippen molar-refractivity contribution >= 4 is 12.3 Å². The molecule has 1 saturated carbocycles. The third-order valence-electron chi connectivity index (χ3n) is 4.93. The number of aliphatic imine (C=N–C) groups is 1. The van der Waals surface area contributed by atoms with Gasteiger partial charge in [0.1, 0.15) is 6.07 Å². The molecule has 1 aliphatic carbocycles. The van der Waals surface area contributed by atoms with Gasteiger partial charge in [-0.1, -0.05) is 19.3 Å². The molecular formula is C18H25N5O2. The molecule has 3 rings (SSSR count). The van der Waals surface area contributed by atoms with Gasteiger partial charge in [0, 0.05) is 26.2 Å². The lowest BCUT2D eigenvalue weighted by atomic mass is 9.90. The van der Waals surface area contributed by atoms with Crippen molar-refractivity contribution in [2.24, 2.45) is 10.9 Å². The number of nitrogens with one attached hydrogen (secondary N) is 2. The lowest BCUT2D eigenvalue weighted by Gasteiger charge is -2.33. The summed E-state index contributed by atoms with van der Waals surface area (Å²) in [5.74, 6) is -0.126. The highest BCUT2D eigenvalue weighted by Crippen LogP contribution is 2.25. The predicted octanol–water partition coefficient (Wildman–Crippen LogP) is 1.27. The highest BCUT2D eigenvalue weighted by atomic mass is 16.5. The molecule has 0 aromatic heterocycles. The molecule has 0 spiro atoms. The van der Waals surface area contributed by atoms with E-state index in [9.17, 15) is 10.1 Å². The van der Waals surface area contributed by atoms with E-state index in [4.69, 9.17) is 4.74 Å². The second-order valence-corrected chi connectivity index (χ2v) is 6.64. The van der Waals surface area contributed by atoms with Crippen LogP contribution in [0.3, 0.4) is 0 Å². The van der Waals surface area contributed by atoms with Crippen LogP contribution in [0, 0.1) is 17.2 Å². The summed E-state index contributed by atoms with van der Waals surface area (Å²) < 4.78 is 5.46. The molecule has 0 atom stereocenters. The van der Waals surface area contributed by atoms with Crippen LogP contribution in [0.1, 0.15) is 32.1 Å². The van der Waals surface area contributed by atoms with Crippen molar-refractivity contribution in [3.63, 3.8) is 0 Å². The van der Waals surface area contributed by atoms with Crippen LogP contribution in [0.5, 0.6) is 0 Å². The van der Waals surface area contributed by atoms with E-state index in [0.29, 0.717) is 18.2 Å². The minimum absolute atomic E-state index is 0.0201. The molecule has 3 aliphatic rings. The van der Waals surface area contributed by atoms with Crippen LogP contribution < -0.4 is 10.6 Å². The summed E-state index contributed by atoms with van der Waals surface area (Å²) in [5, 5.41) is 15.8. The predicted molar refractivity (Wildman–Crippen MR) is 94.3 cm³/mol. The normalized spacial score (nSPS) is 23.3. The van der Waals surface area contributed by atoms with Crippen molar-refractivity contribution in [1.82, 2.24) is 15.5 Å². The van der Waals surface area contributed by atoms with E-state index in [2.05, 4.69) is 20.5 Å². The van der Waals surface area contributed by atoms with Crippen LogP contribution in [0.2, 0.25) is 0 Å². The Bertz CT molecular complexity index is 620. The second-order valence-electron chi connectivity index (χ2n) is 6.64. The maximum absolute atomic E-state index is 12.5. The standard InChI is InChI=1S/C18H25N5O2/c19-10-15(18(24)25-12-14-4-2-1-3-5-14)17-16(11-21-13-22-17)23-8-6-20-7-9-23/h11,13-14,20H,1-9,12H2,(H,21,22). The number of carbonyl (C=O) groups excluding carboxylic acids is 1. The molecule has 134 valence electrons. The monoisotopic (exact) mass is 343 g/mol. The number of carbonyl (C=O) groups is 1. The maximum atomic E-state index is 12.5. The van der Waals surface area contributed by atoms with Gasteiger partial charge in [-0.25, -0.2) is 9.79 Å². The van der Waals surface area contributed by atoms with Crippen molar-refractivity contribution in [3.8, 4) is 6.07 Å². The molecule has 1 saturated heterocycles. The van der Waals surface area contributed by atoms with Crippen LogP contribution in [-0.4, -0.2) is 50.0 Å². The molecule has 25 heavy (non-hydrogen) atoms. The number of hydrogen-bond acceptors (Lipinski definition) is 7. The van der Waals surface area contributed by atoms with E-state index < -0.39 is 5.97 Å². The van der Waals surface area contributed by atoms with Gasteiger partial charge in [-0.15, -0.1) is 0 Å². The molecule has 0 amide bonds. The average Bonchev–Trinajstić information content (AvgIpc) is 2.69. The first-order chi connectivity index (χ1) is 12.3. The van der Waals surface area contributed by atoms with Crippen molar-refractivity contribution in [3.05, 3.63) is 23.2 Å². The Morgan fingerprint density at radius 1 is 1.32 bits per heavy atom. The summed E-state index contributed by atoms with van der Waals surface area (Å²) in [6, 6.07) is 2.03. The van der Waals surface area contributed by atoms with Gasteiger partial charge in [-0.05, 0) is 18.8 Å². The first-order valence-corrected chi connectivity index (χ1v) is 9.05. The van der Waals surface area contributed by atoms with E-state index in [1.54, 1.807) is 6.20 Å². The molecule has 2 N–H and O–H groups in total. The van der Waals surface area contributed by atoms with Gasteiger partial charge in [-0.3, -0.25) is 0 Å². The highest BCUT2D eigenvalue weighted by molar-refractivity contribution is 5.95. The Kier molecular flexibility index (Phi) is 6.07. The minimum Gasteiger partial charge on any atom is -0.461 e. The first-order valence-electron chi connectivity index (χ1n) is 9.05. The van der Waals surface area contributed by atoms with Gasteiger partial charge < -0.3 is 20.3 Å². The van der Waals surface area contributed by atoms with Gasteiger partial charge >= 0.3 is 5.97 Å².